The van der Waals surface area contributed by atoms with Gasteiger partial charge < -0.3 is 14.4 Å². The van der Waals surface area contributed by atoms with Crippen LogP contribution in [0.15, 0.2) is 76.5 Å². The zero-order valence-corrected chi connectivity index (χ0v) is 32.8. The van der Waals surface area contributed by atoms with E-state index in [-0.39, 0.29) is 18.1 Å². The maximum Gasteiger partial charge on any atom is 0.458 e. The fourth-order valence-corrected chi connectivity index (χ4v) is 8.06. The van der Waals surface area contributed by atoms with Crippen LogP contribution in [0.2, 0.25) is 0 Å². The highest BCUT2D eigenvalue weighted by molar-refractivity contribution is 7.52. The lowest BCUT2D eigenvalue weighted by atomic mass is 9.98. The molecule has 1 fully saturated rings. The SMILES string of the molecule is CCCCCCCC/C=C\CCCCCCCC(=O)CCCNP(=O)(OC[C@H]1O[C@@H](n2ccc(=O)[nH]c2=O)[C@](C)(F)[C@@H]1O)Oc1cccc2ccccc12. The number of fused-ring (bicyclic) bond motifs is 1. The number of rotatable bonds is 26. The Kier molecular flexibility index (Phi) is 17.8. The van der Waals surface area contributed by atoms with Gasteiger partial charge in [-0.25, -0.2) is 18.8 Å². The molecule has 1 aromatic heterocycles. The molecule has 0 saturated carbocycles. The summed E-state index contributed by atoms with van der Waals surface area (Å²) in [6.45, 7) is 2.88. The number of hydrogen-bond acceptors (Lipinski definition) is 8. The van der Waals surface area contributed by atoms with Gasteiger partial charge in [0.2, 0.25) is 0 Å². The third kappa shape index (κ3) is 13.4. The molecule has 2 aromatic carbocycles. The van der Waals surface area contributed by atoms with Gasteiger partial charge in [0.25, 0.3) is 5.56 Å². The molecule has 0 spiro atoms. The highest BCUT2D eigenvalue weighted by Crippen LogP contribution is 2.48. The van der Waals surface area contributed by atoms with Crippen LogP contribution < -0.4 is 20.9 Å². The summed E-state index contributed by atoms with van der Waals surface area (Å²) in [5.74, 6) is 0.415. The predicted octanol–water partition coefficient (Wildman–Crippen LogP) is 8.86. The van der Waals surface area contributed by atoms with Crippen molar-refractivity contribution in [3.05, 3.63) is 87.7 Å². The number of halogens is 1. The van der Waals surface area contributed by atoms with Gasteiger partial charge in [-0.2, -0.15) is 0 Å². The molecule has 0 aliphatic carbocycles. The summed E-state index contributed by atoms with van der Waals surface area (Å²) in [7, 11) is -4.18. The van der Waals surface area contributed by atoms with Crippen LogP contribution in [0.3, 0.4) is 0 Å². The van der Waals surface area contributed by atoms with Gasteiger partial charge in [-0.3, -0.25) is 23.7 Å². The molecule has 5 atom stereocenters. The van der Waals surface area contributed by atoms with E-state index in [2.05, 4.69) is 24.2 Å². The second-order valence-corrected chi connectivity index (χ2v) is 16.1. The minimum Gasteiger partial charge on any atom is -0.413 e. The molecule has 1 unspecified atom stereocenters. The van der Waals surface area contributed by atoms with Crippen LogP contribution in [0.5, 0.6) is 5.75 Å². The Labute approximate surface area is 318 Å². The van der Waals surface area contributed by atoms with Crippen molar-refractivity contribution in [1.29, 1.82) is 0 Å². The van der Waals surface area contributed by atoms with Gasteiger partial charge in [0.15, 0.2) is 11.9 Å². The lowest BCUT2D eigenvalue weighted by Gasteiger charge is -2.25. The number of H-pyrrole nitrogens is 1. The summed E-state index contributed by atoms with van der Waals surface area (Å²) in [5.41, 5.74) is -4.05. The third-order valence-electron chi connectivity index (χ3n) is 9.85. The number of aromatic nitrogens is 2. The molecule has 3 N–H and O–H groups in total. The van der Waals surface area contributed by atoms with Crippen LogP contribution in [0.1, 0.15) is 123 Å². The van der Waals surface area contributed by atoms with Crippen LogP contribution in [0, 0.1) is 0 Å². The molecule has 298 valence electrons. The van der Waals surface area contributed by atoms with E-state index >= 15 is 4.39 Å². The molecule has 3 aromatic rings. The van der Waals surface area contributed by atoms with Crippen molar-refractivity contribution >= 4 is 24.3 Å². The number of Topliss-reactive ketones (excluding diaryl/α,β-unsaturated/α-hetero) is 1. The van der Waals surface area contributed by atoms with Crippen molar-refractivity contribution in [2.75, 3.05) is 13.2 Å². The molecule has 11 nitrogen and oxygen atoms in total. The number of benzene rings is 2. The van der Waals surface area contributed by atoms with E-state index in [1.165, 1.54) is 51.4 Å². The monoisotopic (exact) mass is 771 g/mol. The summed E-state index contributed by atoms with van der Waals surface area (Å²) in [4.78, 5) is 38.6. The first kappa shape index (κ1) is 43.3. The quantitative estimate of drug-likeness (QED) is 0.0413. The van der Waals surface area contributed by atoms with Gasteiger partial charge in [0.1, 0.15) is 23.7 Å². The first-order valence-electron chi connectivity index (χ1n) is 19.7. The number of aliphatic hydroxyl groups is 1. The van der Waals surface area contributed by atoms with Gasteiger partial charge in [-0.05, 0) is 56.9 Å². The summed E-state index contributed by atoms with van der Waals surface area (Å²) < 4.78 is 48.3. The summed E-state index contributed by atoms with van der Waals surface area (Å²) in [6, 6.07) is 13.7. The van der Waals surface area contributed by atoms with Crippen LogP contribution in [-0.4, -0.2) is 51.5 Å². The molecule has 13 heteroatoms. The van der Waals surface area contributed by atoms with Crippen LogP contribution in [-0.2, 0) is 18.6 Å². The molecule has 4 rings (SSSR count). The van der Waals surface area contributed by atoms with E-state index in [0.717, 1.165) is 61.2 Å². The average molecular weight is 772 g/mol. The van der Waals surface area contributed by atoms with Gasteiger partial charge in [-0.1, -0.05) is 107 Å². The molecule has 1 aliphatic heterocycles. The Hall–Kier alpha value is -3.41. The minimum atomic E-state index is -4.18. The highest BCUT2D eigenvalue weighted by Gasteiger charge is 2.55. The van der Waals surface area contributed by atoms with Crippen molar-refractivity contribution in [3.63, 3.8) is 0 Å². The second-order valence-electron chi connectivity index (χ2n) is 14.4. The Morgan fingerprint density at radius 2 is 1.59 bits per heavy atom. The summed E-state index contributed by atoms with van der Waals surface area (Å²) in [6.07, 6.45) is 17.7. The van der Waals surface area contributed by atoms with E-state index in [1.807, 2.05) is 35.3 Å². The number of nitrogens with zero attached hydrogens (tertiary/aromatic N) is 1. The second kappa shape index (κ2) is 22.2. The average Bonchev–Trinajstić information content (AvgIpc) is 3.38. The summed E-state index contributed by atoms with van der Waals surface area (Å²) >= 11 is 0. The number of aliphatic hydroxyl groups excluding tert-OH is 1. The zero-order chi connectivity index (χ0) is 38.8. The molecule has 54 heavy (non-hydrogen) atoms. The lowest BCUT2D eigenvalue weighted by Crippen LogP contribution is -2.43. The fraction of sp³-hybridized carbons (Fsp3) is 0.585. The largest absolute Gasteiger partial charge is 0.458 e. The molecular formula is C41H59FN3O8P. The fourth-order valence-electron chi connectivity index (χ4n) is 6.66. The Morgan fingerprint density at radius 1 is 0.944 bits per heavy atom. The molecule has 0 amide bonds. The van der Waals surface area contributed by atoms with Crippen molar-refractivity contribution in [2.24, 2.45) is 0 Å². The van der Waals surface area contributed by atoms with Gasteiger partial charge in [-0.15, -0.1) is 0 Å². The lowest BCUT2D eigenvalue weighted by molar-refractivity contribution is -0.119. The standard InChI is InChI=1S/C41H59FN3O8P/c1-3-4-5-6-7-8-9-10-11-12-13-14-15-16-17-24-33(46)25-21-29-43-54(50,53-35-27-20-23-32-22-18-19-26-34(32)35)51-31-36-38(48)41(2,42)39(52-36)45-30-28-37(47)44-40(45)49/h10-11,18-20,22-23,26-28,30,36,38-39,48H,3-9,12-17,21,24-25,29,31H2,1-2H3,(H,43,50)(H,44,47,49)/b11-10-/t36-,38-,39-,41-,54?/m1/s1. The van der Waals surface area contributed by atoms with Crippen LogP contribution in [0.4, 0.5) is 4.39 Å². The number of carbonyl (C=O) groups excluding carboxylic acids is 1. The predicted molar refractivity (Wildman–Crippen MR) is 211 cm³/mol. The number of allylic oxidation sites excluding steroid dienone is 2. The van der Waals surface area contributed by atoms with Gasteiger partial charge >= 0.3 is 13.4 Å². The molecule has 1 aliphatic rings. The molecule has 0 radical (unpaired) electrons. The third-order valence-corrected chi connectivity index (χ3v) is 11.4. The zero-order valence-electron chi connectivity index (χ0n) is 31.9. The van der Waals surface area contributed by atoms with Crippen LogP contribution in [0.25, 0.3) is 10.8 Å². The van der Waals surface area contributed by atoms with E-state index in [9.17, 15) is 24.1 Å². The smallest absolute Gasteiger partial charge is 0.413 e. The Balaban J connectivity index is 1.22. The number of aromatic amines is 1. The Morgan fingerprint density at radius 3 is 2.31 bits per heavy atom. The van der Waals surface area contributed by atoms with Crippen molar-refractivity contribution in [3.8, 4) is 5.75 Å². The number of unbranched alkanes of at least 4 members (excludes halogenated alkanes) is 11. The molecular weight excluding hydrogens is 712 g/mol. The minimum absolute atomic E-state index is 0.129. The maximum atomic E-state index is 15.8. The van der Waals surface area contributed by atoms with Crippen LogP contribution >= 0.6 is 7.75 Å². The van der Waals surface area contributed by atoms with E-state index in [0.29, 0.717) is 24.6 Å². The van der Waals surface area contributed by atoms with E-state index in [4.69, 9.17) is 13.8 Å². The maximum absolute atomic E-state index is 15.8. The highest BCUT2D eigenvalue weighted by atomic mass is 31.2. The topological polar surface area (TPSA) is 149 Å². The summed E-state index contributed by atoms with van der Waals surface area (Å²) in [5, 5.41) is 15.2. The van der Waals surface area contributed by atoms with E-state index < -0.39 is 49.7 Å². The number of alkyl halides is 1. The number of nitrogens with one attached hydrogen (secondary N) is 2. The van der Waals surface area contributed by atoms with E-state index in [1.54, 1.807) is 12.1 Å². The van der Waals surface area contributed by atoms with Crippen molar-refractivity contribution in [1.82, 2.24) is 14.6 Å². The Bertz CT molecular complexity index is 1790. The first-order chi connectivity index (χ1) is 26.0. The van der Waals surface area contributed by atoms with Crippen molar-refractivity contribution < 1.29 is 32.6 Å². The molecule has 2 heterocycles. The normalized spacial score (nSPS) is 21.1. The van der Waals surface area contributed by atoms with Crippen molar-refractivity contribution in [2.45, 2.75) is 141 Å². The van der Waals surface area contributed by atoms with Gasteiger partial charge in [0.05, 0.1) is 6.61 Å². The van der Waals surface area contributed by atoms with Gasteiger partial charge in [0, 0.05) is 37.0 Å². The number of ketones is 1. The number of carbonyl (C=O) groups is 1. The number of ether oxygens (including phenoxy) is 1. The first-order valence-corrected chi connectivity index (χ1v) is 21.3. The number of hydrogen-bond donors (Lipinski definition) is 3. The molecule has 1 saturated heterocycles. The molecule has 0 bridgehead atoms.